The number of benzene rings is 1. The number of hydrogen-bond donors (Lipinski definition) is 2. The Labute approximate surface area is 104 Å². The molecule has 0 aromatic heterocycles. The molecule has 16 heavy (non-hydrogen) atoms. The van der Waals surface area contributed by atoms with Gasteiger partial charge in [0.15, 0.2) is 0 Å². The van der Waals surface area contributed by atoms with Crippen molar-refractivity contribution < 1.29 is 4.79 Å². The van der Waals surface area contributed by atoms with Gasteiger partial charge in [0, 0.05) is 22.3 Å². The molecule has 1 aromatic rings. The predicted molar refractivity (Wildman–Crippen MR) is 68.2 cm³/mol. The molecule has 0 heterocycles. The zero-order chi connectivity index (χ0) is 11.8. The lowest BCUT2D eigenvalue weighted by atomic mass is 10.1. The first-order chi connectivity index (χ1) is 7.50. The number of nitrogens with one attached hydrogen (secondary N) is 1. The van der Waals surface area contributed by atoms with Crippen LogP contribution in [0.3, 0.4) is 0 Å². The van der Waals surface area contributed by atoms with Gasteiger partial charge in [-0.3, -0.25) is 4.79 Å². The number of halogens is 1. The number of carbonyl (C=O) groups is 1. The molecular formula is C12H15BrN2O. The van der Waals surface area contributed by atoms with E-state index in [1.54, 1.807) is 18.2 Å². The zero-order valence-corrected chi connectivity index (χ0v) is 10.8. The van der Waals surface area contributed by atoms with Crippen molar-refractivity contribution in [1.29, 1.82) is 0 Å². The molecule has 0 unspecified atom stereocenters. The summed E-state index contributed by atoms with van der Waals surface area (Å²) in [5, 5.41) is 2.95. The van der Waals surface area contributed by atoms with E-state index >= 15 is 0 Å². The third-order valence-electron chi connectivity index (χ3n) is 3.04. The molecule has 0 radical (unpaired) electrons. The average molecular weight is 283 g/mol. The van der Waals surface area contributed by atoms with Crippen molar-refractivity contribution in [3.05, 3.63) is 28.2 Å². The van der Waals surface area contributed by atoms with Crippen molar-refractivity contribution in [2.45, 2.75) is 19.8 Å². The molecule has 1 amide bonds. The number of nitrogens with two attached hydrogens (primary N) is 1. The molecule has 1 fully saturated rings. The van der Waals surface area contributed by atoms with Gasteiger partial charge >= 0.3 is 0 Å². The van der Waals surface area contributed by atoms with Gasteiger partial charge in [0.2, 0.25) is 0 Å². The van der Waals surface area contributed by atoms with Gasteiger partial charge in [-0.25, -0.2) is 0 Å². The number of anilines is 1. The minimum Gasteiger partial charge on any atom is -0.398 e. The molecule has 4 heteroatoms. The Bertz CT molecular complexity index is 427. The highest BCUT2D eigenvalue weighted by atomic mass is 79.9. The quantitative estimate of drug-likeness (QED) is 0.838. The minimum atomic E-state index is -0.0335. The average Bonchev–Trinajstić information content (AvgIpc) is 2.98. The molecule has 1 aliphatic carbocycles. The van der Waals surface area contributed by atoms with E-state index in [1.165, 1.54) is 12.8 Å². The Morgan fingerprint density at radius 1 is 1.56 bits per heavy atom. The first-order valence-electron chi connectivity index (χ1n) is 5.33. The molecule has 1 aromatic carbocycles. The highest BCUT2D eigenvalue weighted by Crippen LogP contribution is 2.44. The normalized spacial score (nSPS) is 16.9. The summed E-state index contributed by atoms with van der Waals surface area (Å²) >= 11 is 3.31. The minimum absolute atomic E-state index is 0.0335. The molecule has 0 aliphatic heterocycles. The topological polar surface area (TPSA) is 55.1 Å². The number of nitrogen functional groups attached to an aromatic ring is 1. The Morgan fingerprint density at radius 2 is 2.25 bits per heavy atom. The van der Waals surface area contributed by atoms with E-state index in [1.807, 2.05) is 0 Å². The fourth-order valence-electron chi connectivity index (χ4n) is 1.45. The van der Waals surface area contributed by atoms with Crippen LogP contribution in [0.1, 0.15) is 30.1 Å². The summed E-state index contributed by atoms with van der Waals surface area (Å²) in [5.74, 6) is -0.0335. The lowest BCUT2D eigenvalue weighted by molar-refractivity contribution is 0.0946. The third kappa shape index (κ3) is 2.55. The monoisotopic (exact) mass is 282 g/mol. The SMILES string of the molecule is CC1(CNC(=O)c2ccc(N)c(Br)c2)CC1. The van der Waals surface area contributed by atoms with E-state index in [9.17, 15) is 4.79 Å². The van der Waals surface area contributed by atoms with Gasteiger partial charge in [-0.2, -0.15) is 0 Å². The first kappa shape index (κ1) is 11.5. The molecule has 0 saturated heterocycles. The predicted octanol–water partition coefficient (Wildman–Crippen LogP) is 2.56. The van der Waals surface area contributed by atoms with Gasteiger partial charge in [-0.1, -0.05) is 6.92 Å². The van der Waals surface area contributed by atoms with Crippen LogP contribution in [0.4, 0.5) is 5.69 Å². The van der Waals surface area contributed by atoms with E-state index in [2.05, 4.69) is 28.2 Å². The molecule has 3 N–H and O–H groups in total. The molecule has 1 saturated carbocycles. The standard InChI is InChI=1S/C12H15BrN2O/c1-12(4-5-12)7-15-11(16)8-2-3-10(14)9(13)6-8/h2-3,6H,4-5,7,14H2,1H3,(H,15,16). The highest BCUT2D eigenvalue weighted by molar-refractivity contribution is 9.10. The molecule has 1 aliphatic rings. The Morgan fingerprint density at radius 3 is 2.81 bits per heavy atom. The summed E-state index contributed by atoms with van der Waals surface area (Å²) in [7, 11) is 0. The fraction of sp³-hybridized carbons (Fsp3) is 0.417. The Kier molecular flexibility index (Phi) is 2.93. The van der Waals surface area contributed by atoms with Crippen LogP contribution in [0.2, 0.25) is 0 Å². The smallest absolute Gasteiger partial charge is 0.251 e. The zero-order valence-electron chi connectivity index (χ0n) is 9.22. The van der Waals surface area contributed by atoms with E-state index < -0.39 is 0 Å². The number of hydrogen-bond acceptors (Lipinski definition) is 2. The summed E-state index contributed by atoms with van der Waals surface area (Å²) in [4.78, 5) is 11.8. The van der Waals surface area contributed by atoms with Crippen molar-refractivity contribution in [3.8, 4) is 0 Å². The molecule has 2 rings (SSSR count). The van der Waals surface area contributed by atoms with Crippen LogP contribution < -0.4 is 11.1 Å². The number of carbonyl (C=O) groups excluding carboxylic acids is 1. The van der Waals surface area contributed by atoms with Crippen molar-refractivity contribution in [3.63, 3.8) is 0 Å². The third-order valence-corrected chi connectivity index (χ3v) is 3.73. The molecule has 0 atom stereocenters. The van der Waals surface area contributed by atoms with Gasteiger partial charge < -0.3 is 11.1 Å². The van der Waals surface area contributed by atoms with E-state index in [4.69, 9.17) is 5.73 Å². The van der Waals surface area contributed by atoms with Crippen LogP contribution in [0, 0.1) is 5.41 Å². The second-order valence-electron chi connectivity index (χ2n) is 4.73. The van der Waals surface area contributed by atoms with Crippen LogP contribution in [0.5, 0.6) is 0 Å². The van der Waals surface area contributed by atoms with Gasteiger partial charge in [0.05, 0.1) is 0 Å². The Hall–Kier alpha value is -1.03. The lowest BCUT2D eigenvalue weighted by Gasteiger charge is -2.10. The molecule has 0 spiro atoms. The van der Waals surface area contributed by atoms with Crippen molar-refractivity contribution in [2.24, 2.45) is 5.41 Å². The molecule has 0 bridgehead atoms. The fourth-order valence-corrected chi connectivity index (χ4v) is 1.83. The van der Waals surface area contributed by atoms with Gasteiger partial charge in [0.1, 0.15) is 0 Å². The van der Waals surface area contributed by atoms with Crippen molar-refractivity contribution in [1.82, 2.24) is 5.32 Å². The van der Waals surface area contributed by atoms with Gasteiger partial charge in [0.25, 0.3) is 5.91 Å². The van der Waals surface area contributed by atoms with E-state index in [-0.39, 0.29) is 5.91 Å². The first-order valence-corrected chi connectivity index (χ1v) is 6.13. The van der Waals surface area contributed by atoms with Crippen LogP contribution in [0.25, 0.3) is 0 Å². The van der Waals surface area contributed by atoms with Gasteiger partial charge in [-0.05, 0) is 52.4 Å². The van der Waals surface area contributed by atoms with Crippen LogP contribution >= 0.6 is 15.9 Å². The van der Waals surface area contributed by atoms with Crippen LogP contribution in [-0.4, -0.2) is 12.5 Å². The maximum absolute atomic E-state index is 11.8. The summed E-state index contributed by atoms with van der Waals surface area (Å²) in [6, 6.07) is 5.22. The highest BCUT2D eigenvalue weighted by Gasteiger charge is 2.37. The Balaban J connectivity index is 2.00. The largest absolute Gasteiger partial charge is 0.398 e. The second kappa shape index (κ2) is 4.09. The number of amides is 1. The van der Waals surface area contributed by atoms with Crippen LogP contribution in [-0.2, 0) is 0 Å². The maximum atomic E-state index is 11.8. The van der Waals surface area contributed by atoms with Gasteiger partial charge in [-0.15, -0.1) is 0 Å². The molecule has 86 valence electrons. The summed E-state index contributed by atoms with van der Waals surface area (Å²) < 4.78 is 0.762. The number of rotatable bonds is 3. The van der Waals surface area contributed by atoms with E-state index in [0.29, 0.717) is 16.7 Å². The van der Waals surface area contributed by atoms with Crippen molar-refractivity contribution in [2.75, 3.05) is 12.3 Å². The summed E-state index contributed by atoms with van der Waals surface area (Å²) in [6.07, 6.45) is 2.41. The maximum Gasteiger partial charge on any atom is 0.251 e. The van der Waals surface area contributed by atoms with Crippen molar-refractivity contribution >= 4 is 27.5 Å². The molecule has 3 nitrogen and oxygen atoms in total. The molecular weight excluding hydrogens is 268 g/mol. The summed E-state index contributed by atoms with van der Waals surface area (Å²) in [6.45, 7) is 2.94. The second-order valence-corrected chi connectivity index (χ2v) is 5.58. The van der Waals surface area contributed by atoms with Crippen LogP contribution in [0.15, 0.2) is 22.7 Å². The lowest BCUT2D eigenvalue weighted by Crippen LogP contribution is -2.28. The summed E-state index contributed by atoms with van der Waals surface area (Å²) in [5.41, 5.74) is 7.29. The van der Waals surface area contributed by atoms with E-state index in [0.717, 1.165) is 11.0 Å².